The molecule has 0 saturated heterocycles. The van der Waals surface area contributed by atoms with E-state index >= 15 is 0 Å². The summed E-state index contributed by atoms with van der Waals surface area (Å²) in [6.45, 7) is 0. The van der Waals surface area contributed by atoms with Gasteiger partial charge in [0, 0.05) is 11.1 Å². The molecule has 0 spiro atoms. The fourth-order valence-electron chi connectivity index (χ4n) is 3.01. The lowest BCUT2D eigenvalue weighted by Gasteiger charge is -2.11. The number of nitrogens with zero attached hydrogens (tertiary/aromatic N) is 5. The van der Waals surface area contributed by atoms with Crippen molar-refractivity contribution in [1.82, 2.24) is 15.0 Å². The quantitative estimate of drug-likeness (QED) is 0.0648. The van der Waals surface area contributed by atoms with E-state index < -0.39 is 15.0 Å². The van der Waals surface area contributed by atoms with Crippen LogP contribution in [0.15, 0.2) is 68.6 Å². The Balaban J connectivity index is 1.77. The highest BCUT2D eigenvalue weighted by Gasteiger charge is 2.18. The molecule has 4 N–H and O–H groups in total. The first-order valence-electron chi connectivity index (χ1n) is 9.42. The molecule has 0 aliphatic heterocycles. The molecular formula is C19H12Cl2N6O7S2. The lowest BCUT2D eigenvalue weighted by atomic mass is 10.1. The van der Waals surface area contributed by atoms with Crippen LogP contribution < -0.4 is 5.32 Å². The number of benzene rings is 3. The van der Waals surface area contributed by atoms with Gasteiger partial charge in [0.1, 0.15) is 16.3 Å². The highest BCUT2D eigenvalue weighted by Crippen LogP contribution is 2.44. The Kier molecular flexibility index (Phi) is 7.82. The van der Waals surface area contributed by atoms with E-state index in [1.54, 1.807) is 18.2 Å². The number of phenolic OH excluding ortho intramolecular Hbond substituents is 1. The molecule has 0 fully saturated rings. The summed E-state index contributed by atoms with van der Waals surface area (Å²) < 4.78 is 37.2. The third-order valence-corrected chi connectivity index (χ3v) is 6.30. The van der Waals surface area contributed by atoms with Gasteiger partial charge in [0.25, 0.3) is 10.1 Å². The van der Waals surface area contributed by atoms with Gasteiger partial charge >= 0.3 is 0 Å². The lowest BCUT2D eigenvalue weighted by Crippen LogP contribution is -1.99. The number of fused-ring (bicyclic) bond motifs is 1. The van der Waals surface area contributed by atoms with E-state index in [1.807, 2.05) is 0 Å². The molecule has 0 aliphatic carbocycles. The second-order valence-corrected chi connectivity index (χ2v) is 9.51. The number of hydrogen-bond acceptors (Lipinski definition) is 13. The minimum atomic E-state index is -4.58. The van der Waals surface area contributed by atoms with E-state index in [-0.39, 0.29) is 38.5 Å². The van der Waals surface area contributed by atoms with Crippen LogP contribution >= 0.6 is 35.2 Å². The van der Waals surface area contributed by atoms with Crippen molar-refractivity contribution in [3.05, 3.63) is 59.1 Å². The summed E-state index contributed by atoms with van der Waals surface area (Å²) in [5, 5.41) is 34.4. The Morgan fingerprint density at radius 3 is 2.42 bits per heavy atom. The maximum absolute atomic E-state index is 11.6. The van der Waals surface area contributed by atoms with Crippen LogP contribution in [0.4, 0.5) is 23.0 Å². The Hall–Kier alpha value is -3.15. The van der Waals surface area contributed by atoms with Crippen molar-refractivity contribution >= 4 is 79.1 Å². The van der Waals surface area contributed by atoms with Gasteiger partial charge in [0.15, 0.2) is 5.75 Å². The largest absolute Gasteiger partial charge is 0.505 e. The lowest BCUT2D eigenvalue weighted by molar-refractivity contribution is -0.432. The fraction of sp³-hybridized carbons (Fsp3) is 0. The van der Waals surface area contributed by atoms with Gasteiger partial charge in [-0.2, -0.15) is 23.4 Å². The minimum absolute atomic E-state index is 0.0816. The first kappa shape index (κ1) is 25.9. The Morgan fingerprint density at radius 2 is 1.72 bits per heavy atom. The van der Waals surface area contributed by atoms with Gasteiger partial charge in [-0.1, -0.05) is 17.2 Å². The van der Waals surface area contributed by atoms with E-state index in [9.17, 15) is 18.1 Å². The van der Waals surface area contributed by atoms with Crippen LogP contribution in [0, 0.1) is 0 Å². The zero-order valence-electron chi connectivity index (χ0n) is 17.4. The number of nitrogens with one attached hydrogen (secondary N) is 1. The second-order valence-electron chi connectivity index (χ2n) is 6.70. The van der Waals surface area contributed by atoms with Gasteiger partial charge < -0.3 is 10.4 Å². The van der Waals surface area contributed by atoms with Crippen LogP contribution in [-0.2, 0) is 19.5 Å². The monoisotopic (exact) mass is 570 g/mol. The molecule has 1 aromatic heterocycles. The number of azo groups is 1. The van der Waals surface area contributed by atoms with E-state index in [0.29, 0.717) is 28.5 Å². The standard InChI is InChI=1S/C19H12Cl2N6O7S2/c20-17-23-18(21)25-19(24-17)22-10-5-6-11-9(7-10)8-13(35-34-33-29)15(16(11)28)27-26-12-3-1-2-4-14(12)36(30,31)32/h1-8,28-29H,(H,30,31,32)(H,22,23,24,25). The molecule has 0 saturated carbocycles. The van der Waals surface area contributed by atoms with Gasteiger partial charge in [0.05, 0.1) is 16.9 Å². The second kappa shape index (κ2) is 10.9. The molecule has 3 aromatic carbocycles. The van der Waals surface area contributed by atoms with E-state index in [1.165, 1.54) is 24.3 Å². The van der Waals surface area contributed by atoms with E-state index in [4.69, 9.17) is 28.5 Å². The number of aromatic nitrogens is 3. The summed E-state index contributed by atoms with van der Waals surface area (Å²) in [4.78, 5) is 11.2. The summed E-state index contributed by atoms with van der Waals surface area (Å²) in [5.41, 5.74) is 0.183. The Labute approximate surface area is 216 Å². The van der Waals surface area contributed by atoms with Crippen LogP contribution in [0.2, 0.25) is 10.6 Å². The summed E-state index contributed by atoms with van der Waals surface area (Å²) in [5.74, 6) is -0.263. The molecule has 13 nitrogen and oxygen atoms in total. The average molecular weight is 571 g/mol. The van der Waals surface area contributed by atoms with Crippen molar-refractivity contribution in [2.24, 2.45) is 10.2 Å². The molecule has 0 unspecified atom stereocenters. The van der Waals surface area contributed by atoms with Crippen LogP contribution in [0.25, 0.3) is 10.8 Å². The molecule has 0 amide bonds. The van der Waals surface area contributed by atoms with Gasteiger partial charge in [-0.05, 0) is 65.0 Å². The molecule has 1 heterocycles. The van der Waals surface area contributed by atoms with Crippen LogP contribution in [0.1, 0.15) is 0 Å². The van der Waals surface area contributed by atoms with E-state index in [2.05, 4.69) is 39.9 Å². The number of halogens is 2. The van der Waals surface area contributed by atoms with Crippen LogP contribution in [0.5, 0.6) is 5.75 Å². The molecule has 36 heavy (non-hydrogen) atoms. The van der Waals surface area contributed by atoms with Gasteiger partial charge in [0.2, 0.25) is 16.5 Å². The molecule has 0 radical (unpaired) electrons. The molecule has 0 bridgehead atoms. The predicted octanol–water partition coefficient (Wildman–Crippen LogP) is 5.87. The Bertz CT molecular complexity index is 1570. The molecule has 0 atom stereocenters. The topological polar surface area (TPSA) is 189 Å². The molecule has 17 heteroatoms. The maximum Gasteiger partial charge on any atom is 0.296 e. The molecule has 0 aliphatic rings. The number of hydrogen-bond donors (Lipinski definition) is 4. The van der Waals surface area contributed by atoms with Crippen molar-refractivity contribution in [3.63, 3.8) is 0 Å². The van der Waals surface area contributed by atoms with E-state index in [0.717, 1.165) is 6.07 Å². The maximum atomic E-state index is 11.6. The molecular weight excluding hydrogens is 559 g/mol. The number of phenols is 1. The Morgan fingerprint density at radius 1 is 1.00 bits per heavy atom. The molecule has 4 aromatic rings. The van der Waals surface area contributed by atoms with Crippen molar-refractivity contribution in [1.29, 1.82) is 0 Å². The smallest absolute Gasteiger partial charge is 0.296 e. The SMILES string of the molecule is O=S(=O)(O)c1ccccc1N=Nc1c(SOOO)cc2cc(Nc3nc(Cl)nc(Cl)n3)ccc2c1O. The molecule has 4 rings (SSSR count). The normalized spacial score (nSPS) is 11.9. The van der Waals surface area contributed by atoms with Gasteiger partial charge in [-0.15, -0.1) is 14.6 Å². The minimum Gasteiger partial charge on any atom is -0.505 e. The zero-order chi connectivity index (χ0) is 25.9. The van der Waals surface area contributed by atoms with Crippen LogP contribution in [0.3, 0.4) is 0 Å². The van der Waals surface area contributed by atoms with Crippen molar-refractivity contribution in [2.75, 3.05) is 5.32 Å². The van der Waals surface area contributed by atoms with Gasteiger partial charge in [-0.3, -0.25) is 4.55 Å². The van der Waals surface area contributed by atoms with Crippen molar-refractivity contribution in [2.45, 2.75) is 9.79 Å². The number of anilines is 2. The van der Waals surface area contributed by atoms with Crippen molar-refractivity contribution in [3.8, 4) is 5.75 Å². The summed E-state index contributed by atoms with van der Waals surface area (Å²) in [6.07, 6.45) is 0. The average Bonchev–Trinajstić information content (AvgIpc) is 2.81. The third kappa shape index (κ3) is 5.97. The number of aromatic hydroxyl groups is 1. The zero-order valence-corrected chi connectivity index (χ0v) is 20.5. The highest BCUT2D eigenvalue weighted by molar-refractivity contribution is 7.94. The fourth-order valence-corrected chi connectivity index (χ4v) is 4.50. The summed E-state index contributed by atoms with van der Waals surface area (Å²) in [7, 11) is -4.58. The third-order valence-electron chi connectivity index (χ3n) is 4.44. The highest BCUT2D eigenvalue weighted by atomic mass is 35.5. The predicted molar refractivity (Wildman–Crippen MR) is 130 cm³/mol. The number of rotatable bonds is 8. The summed E-state index contributed by atoms with van der Waals surface area (Å²) >= 11 is 12.1. The van der Waals surface area contributed by atoms with Crippen LogP contribution in [-0.4, -0.2) is 38.3 Å². The molecule has 186 valence electrons. The first-order chi connectivity index (χ1) is 17.2. The first-order valence-corrected chi connectivity index (χ1v) is 12.4. The van der Waals surface area contributed by atoms with Gasteiger partial charge in [-0.25, -0.2) is 5.26 Å². The summed E-state index contributed by atoms with van der Waals surface area (Å²) in [6, 6.07) is 11.6. The van der Waals surface area contributed by atoms with Crippen molar-refractivity contribution < 1.29 is 32.7 Å².